The third-order valence-corrected chi connectivity index (χ3v) is 5.17. The van der Waals surface area contributed by atoms with Gasteiger partial charge in [-0.1, -0.05) is 30.3 Å². The normalized spacial score (nSPS) is 11.4. The third kappa shape index (κ3) is 4.52. The summed E-state index contributed by atoms with van der Waals surface area (Å²) in [5, 5.41) is 5.98. The van der Waals surface area contributed by atoms with Crippen molar-refractivity contribution in [2.24, 2.45) is 5.73 Å². The van der Waals surface area contributed by atoms with Crippen molar-refractivity contribution >= 4 is 34.2 Å². The van der Waals surface area contributed by atoms with Crippen LogP contribution in [0.1, 0.15) is 21.6 Å². The largest absolute Gasteiger partial charge is 0.416 e. The summed E-state index contributed by atoms with van der Waals surface area (Å²) in [6, 6.07) is 17.0. The first-order valence-electron chi connectivity index (χ1n) is 9.90. The molecule has 1 heterocycles. The van der Waals surface area contributed by atoms with Crippen molar-refractivity contribution in [2.45, 2.75) is 13.1 Å². The van der Waals surface area contributed by atoms with Gasteiger partial charge in [0.2, 0.25) is 0 Å². The maximum atomic E-state index is 12.9. The van der Waals surface area contributed by atoms with Crippen LogP contribution < -0.4 is 16.4 Å². The van der Waals surface area contributed by atoms with Crippen LogP contribution in [0.2, 0.25) is 0 Å². The molecule has 0 aliphatic heterocycles. The highest BCUT2D eigenvalue weighted by molar-refractivity contribution is 6.09. The van der Waals surface area contributed by atoms with Gasteiger partial charge in [-0.3, -0.25) is 4.79 Å². The predicted octanol–water partition coefficient (Wildman–Crippen LogP) is 5.91. The van der Waals surface area contributed by atoms with E-state index < -0.39 is 23.7 Å². The van der Waals surface area contributed by atoms with Crippen LogP contribution in [0, 0.1) is 6.92 Å². The zero-order chi connectivity index (χ0) is 23.8. The molecular formula is C24H19F3N4O2. The average Bonchev–Trinajstić information content (AvgIpc) is 3.13. The Balaban J connectivity index is 1.52. The molecule has 0 spiro atoms. The van der Waals surface area contributed by atoms with E-state index in [1.807, 2.05) is 24.3 Å². The quantitative estimate of drug-likeness (QED) is 0.310. The Bertz CT molecular complexity index is 1360. The first-order valence-corrected chi connectivity index (χ1v) is 9.90. The SMILES string of the molecule is Cc1cc(NC(=O)Nc2ccc(-c3c(C(N)=O)[nH]c4ccccc34)cc2)ccc1C(F)(F)F. The Labute approximate surface area is 186 Å². The molecule has 4 rings (SSSR count). The summed E-state index contributed by atoms with van der Waals surface area (Å²) in [4.78, 5) is 27.2. The number of anilines is 2. The van der Waals surface area contributed by atoms with E-state index in [4.69, 9.17) is 5.73 Å². The summed E-state index contributed by atoms with van der Waals surface area (Å²) in [6.07, 6.45) is -4.45. The van der Waals surface area contributed by atoms with Crippen LogP contribution in [0.15, 0.2) is 66.7 Å². The van der Waals surface area contributed by atoms with Crippen molar-refractivity contribution < 1.29 is 22.8 Å². The van der Waals surface area contributed by atoms with Gasteiger partial charge in [0.15, 0.2) is 0 Å². The number of nitrogens with two attached hydrogens (primary N) is 1. The van der Waals surface area contributed by atoms with Crippen LogP contribution >= 0.6 is 0 Å². The van der Waals surface area contributed by atoms with Crippen molar-refractivity contribution in [3.63, 3.8) is 0 Å². The van der Waals surface area contributed by atoms with Crippen LogP contribution in [-0.4, -0.2) is 16.9 Å². The van der Waals surface area contributed by atoms with Crippen molar-refractivity contribution in [3.05, 3.63) is 83.6 Å². The number of para-hydroxylation sites is 1. The fourth-order valence-electron chi connectivity index (χ4n) is 3.70. The van der Waals surface area contributed by atoms with Crippen molar-refractivity contribution in [2.75, 3.05) is 10.6 Å². The lowest BCUT2D eigenvalue weighted by Gasteiger charge is -2.13. The number of urea groups is 1. The first-order chi connectivity index (χ1) is 15.6. The predicted molar refractivity (Wildman–Crippen MR) is 121 cm³/mol. The molecule has 0 atom stereocenters. The number of hydrogen-bond donors (Lipinski definition) is 4. The van der Waals surface area contributed by atoms with Crippen LogP contribution in [0.25, 0.3) is 22.0 Å². The van der Waals surface area contributed by atoms with Gasteiger partial charge >= 0.3 is 12.2 Å². The van der Waals surface area contributed by atoms with Crippen LogP contribution in [0.4, 0.5) is 29.3 Å². The van der Waals surface area contributed by atoms with Gasteiger partial charge < -0.3 is 21.4 Å². The van der Waals surface area contributed by atoms with Crippen LogP contribution in [0.3, 0.4) is 0 Å². The van der Waals surface area contributed by atoms with E-state index in [1.54, 1.807) is 24.3 Å². The number of carbonyl (C=O) groups is 2. The Morgan fingerprint density at radius 2 is 1.55 bits per heavy atom. The first kappa shape index (κ1) is 21.9. The molecule has 9 heteroatoms. The number of carbonyl (C=O) groups excluding carboxylic acids is 2. The van der Waals surface area contributed by atoms with Crippen molar-refractivity contribution in [1.82, 2.24) is 4.98 Å². The minimum atomic E-state index is -4.45. The molecule has 0 unspecified atom stereocenters. The van der Waals surface area contributed by atoms with Gasteiger partial charge in [0.1, 0.15) is 5.69 Å². The number of aromatic nitrogens is 1. The Hall–Kier alpha value is -4.27. The third-order valence-electron chi connectivity index (χ3n) is 5.17. The Kier molecular flexibility index (Phi) is 5.55. The number of halogens is 3. The number of hydrogen-bond acceptors (Lipinski definition) is 2. The summed E-state index contributed by atoms with van der Waals surface area (Å²) in [6.45, 7) is 1.33. The molecule has 0 bridgehead atoms. The lowest BCUT2D eigenvalue weighted by molar-refractivity contribution is -0.138. The van der Waals surface area contributed by atoms with Gasteiger partial charge in [-0.05, 0) is 54.4 Å². The molecular weight excluding hydrogens is 433 g/mol. The van der Waals surface area contributed by atoms with Gasteiger partial charge in [-0.15, -0.1) is 0 Å². The Morgan fingerprint density at radius 1 is 0.909 bits per heavy atom. The molecule has 168 valence electrons. The number of fused-ring (bicyclic) bond motifs is 1. The van der Waals surface area contributed by atoms with E-state index >= 15 is 0 Å². The fourth-order valence-corrected chi connectivity index (χ4v) is 3.70. The molecule has 3 amide bonds. The molecule has 6 nitrogen and oxygen atoms in total. The number of aromatic amines is 1. The average molecular weight is 452 g/mol. The highest BCUT2D eigenvalue weighted by Gasteiger charge is 2.32. The number of rotatable bonds is 4. The topological polar surface area (TPSA) is 100 Å². The second kappa shape index (κ2) is 8.34. The fraction of sp³-hybridized carbons (Fsp3) is 0.0833. The van der Waals surface area contributed by atoms with E-state index in [9.17, 15) is 22.8 Å². The second-order valence-corrected chi connectivity index (χ2v) is 7.47. The molecule has 3 aromatic carbocycles. The number of amides is 3. The minimum absolute atomic E-state index is 0.00800. The number of nitrogens with one attached hydrogen (secondary N) is 3. The number of alkyl halides is 3. The summed E-state index contributed by atoms with van der Waals surface area (Å²) in [5.74, 6) is -0.588. The Morgan fingerprint density at radius 3 is 2.18 bits per heavy atom. The number of H-pyrrole nitrogens is 1. The van der Waals surface area contributed by atoms with E-state index in [0.717, 1.165) is 22.5 Å². The lowest BCUT2D eigenvalue weighted by Crippen LogP contribution is -2.19. The molecule has 5 N–H and O–H groups in total. The molecule has 1 aromatic heterocycles. The molecule has 0 fully saturated rings. The monoisotopic (exact) mass is 452 g/mol. The molecule has 0 radical (unpaired) electrons. The smallest absolute Gasteiger partial charge is 0.364 e. The number of primary amides is 1. The van der Waals surface area contributed by atoms with Gasteiger partial charge in [0, 0.05) is 27.8 Å². The van der Waals surface area contributed by atoms with Gasteiger partial charge in [0.05, 0.1) is 5.56 Å². The molecule has 0 saturated heterocycles. The zero-order valence-electron chi connectivity index (χ0n) is 17.4. The number of benzene rings is 3. The van der Waals surface area contributed by atoms with E-state index in [-0.39, 0.29) is 16.9 Å². The zero-order valence-corrected chi connectivity index (χ0v) is 17.4. The summed E-state index contributed by atoms with van der Waals surface area (Å²) >= 11 is 0. The molecule has 0 aliphatic carbocycles. The van der Waals surface area contributed by atoms with Crippen LogP contribution in [-0.2, 0) is 6.18 Å². The molecule has 0 aliphatic rings. The highest BCUT2D eigenvalue weighted by Crippen LogP contribution is 2.34. The van der Waals surface area contributed by atoms with Gasteiger partial charge in [0.25, 0.3) is 5.91 Å². The minimum Gasteiger partial charge on any atom is -0.364 e. The standard InChI is InChI=1S/C24H19F3N4O2/c1-13-12-16(10-11-18(13)24(25,26)27)30-23(33)29-15-8-6-14(7-9-15)20-17-4-2-3-5-19(17)31-21(20)22(28)32/h2-12,31H,1H3,(H2,28,32)(H2,29,30,33). The van der Waals surface area contributed by atoms with Crippen molar-refractivity contribution in [3.8, 4) is 11.1 Å². The van der Waals surface area contributed by atoms with Crippen molar-refractivity contribution in [1.29, 1.82) is 0 Å². The number of aryl methyl sites for hydroxylation is 1. The van der Waals surface area contributed by atoms with Gasteiger partial charge in [-0.25, -0.2) is 4.79 Å². The second-order valence-electron chi connectivity index (χ2n) is 7.47. The van der Waals surface area contributed by atoms with Gasteiger partial charge in [-0.2, -0.15) is 13.2 Å². The highest BCUT2D eigenvalue weighted by atomic mass is 19.4. The molecule has 0 saturated carbocycles. The summed E-state index contributed by atoms with van der Waals surface area (Å²) in [7, 11) is 0. The maximum absolute atomic E-state index is 12.9. The van der Waals surface area contributed by atoms with Crippen LogP contribution in [0.5, 0.6) is 0 Å². The molecule has 33 heavy (non-hydrogen) atoms. The summed E-state index contributed by atoms with van der Waals surface area (Å²) in [5.41, 5.74) is 7.93. The van der Waals surface area contributed by atoms with E-state index in [0.29, 0.717) is 11.3 Å². The molecule has 4 aromatic rings. The summed E-state index contributed by atoms with van der Waals surface area (Å²) < 4.78 is 38.7. The lowest BCUT2D eigenvalue weighted by atomic mass is 10.0. The van der Waals surface area contributed by atoms with E-state index in [2.05, 4.69) is 15.6 Å². The maximum Gasteiger partial charge on any atom is 0.416 e. The van der Waals surface area contributed by atoms with E-state index in [1.165, 1.54) is 19.1 Å².